The Kier molecular flexibility index (Phi) is 4.91. The van der Waals surface area contributed by atoms with E-state index >= 15 is 0 Å². The van der Waals surface area contributed by atoms with Crippen LogP contribution in [0.1, 0.15) is 28.8 Å². The maximum atomic E-state index is 6.09. The molecule has 0 saturated carbocycles. The van der Waals surface area contributed by atoms with Crippen molar-refractivity contribution in [2.24, 2.45) is 0 Å². The monoisotopic (exact) mass is 403 g/mol. The molecule has 1 aromatic carbocycles. The van der Waals surface area contributed by atoms with Gasteiger partial charge in [-0.05, 0) is 36.8 Å². The van der Waals surface area contributed by atoms with Crippen molar-refractivity contribution in [3.63, 3.8) is 0 Å². The molecule has 7 heteroatoms. The SMILES string of the molecule is CN(OCc1ccccc1)c1nc(-c2cnccn2)nc2sc3c(c12)CCCC3. The molecule has 1 aliphatic rings. The summed E-state index contributed by atoms with van der Waals surface area (Å²) in [6.07, 6.45) is 9.65. The van der Waals surface area contributed by atoms with E-state index in [-0.39, 0.29) is 0 Å². The van der Waals surface area contributed by atoms with E-state index in [9.17, 15) is 0 Å². The average molecular weight is 404 g/mol. The first kappa shape index (κ1) is 18.1. The van der Waals surface area contributed by atoms with E-state index in [2.05, 4.69) is 22.1 Å². The van der Waals surface area contributed by atoms with Crippen LogP contribution in [-0.2, 0) is 24.3 Å². The van der Waals surface area contributed by atoms with Gasteiger partial charge in [-0.2, -0.15) is 0 Å². The number of benzene rings is 1. The molecule has 4 aromatic rings. The van der Waals surface area contributed by atoms with E-state index in [1.54, 1.807) is 35.0 Å². The standard InChI is InChI=1S/C22H21N5OS/c1-27(28-14-15-7-3-2-4-8-15)21-19-16-9-5-6-10-18(16)29-22(19)26-20(25-21)17-13-23-11-12-24-17/h2-4,7-8,11-13H,5-6,9-10,14H2,1H3. The Morgan fingerprint density at radius 1 is 1.07 bits per heavy atom. The molecule has 0 N–H and O–H groups in total. The maximum Gasteiger partial charge on any atom is 0.183 e. The van der Waals surface area contributed by atoms with Crippen LogP contribution in [0.25, 0.3) is 21.7 Å². The van der Waals surface area contributed by atoms with E-state index < -0.39 is 0 Å². The van der Waals surface area contributed by atoms with Crippen molar-refractivity contribution in [3.05, 3.63) is 64.9 Å². The molecule has 0 aliphatic heterocycles. The summed E-state index contributed by atoms with van der Waals surface area (Å²) in [5, 5.41) is 2.89. The van der Waals surface area contributed by atoms with Gasteiger partial charge in [0, 0.05) is 24.3 Å². The predicted octanol–water partition coefficient (Wildman–Crippen LogP) is 4.60. The number of fused-ring (bicyclic) bond motifs is 3. The zero-order valence-corrected chi connectivity index (χ0v) is 17.0. The van der Waals surface area contributed by atoms with Crippen LogP contribution in [0.4, 0.5) is 5.82 Å². The summed E-state index contributed by atoms with van der Waals surface area (Å²) in [7, 11) is 1.91. The van der Waals surface area contributed by atoms with Crippen LogP contribution in [-0.4, -0.2) is 27.0 Å². The first-order valence-electron chi connectivity index (χ1n) is 9.79. The third-order valence-corrected chi connectivity index (χ3v) is 6.34. The minimum atomic E-state index is 0.482. The van der Waals surface area contributed by atoms with Crippen LogP contribution in [0.2, 0.25) is 0 Å². The number of rotatable bonds is 5. The fraction of sp³-hybridized carbons (Fsp3) is 0.273. The first-order chi connectivity index (χ1) is 14.3. The van der Waals surface area contributed by atoms with Gasteiger partial charge in [0.15, 0.2) is 11.6 Å². The third-order valence-electron chi connectivity index (χ3n) is 5.15. The Balaban J connectivity index is 1.58. The fourth-order valence-corrected chi connectivity index (χ4v) is 4.96. The molecule has 0 unspecified atom stereocenters. The number of hydrogen-bond acceptors (Lipinski definition) is 7. The van der Waals surface area contributed by atoms with Gasteiger partial charge in [0.05, 0.1) is 18.2 Å². The van der Waals surface area contributed by atoms with E-state index in [0.717, 1.165) is 34.4 Å². The van der Waals surface area contributed by atoms with E-state index in [1.165, 1.54) is 23.3 Å². The lowest BCUT2D eigenvalue weighted by Crippen LogP contribution is -2.20. The highest BCUT2D eigenvalue weighted by Gasteiger charge is 2.24. The van der Waals surface area contributed by atoms with Gasteiger partial charge in [0.25, 0.3) is 0 Å². The number of hydroxylamine groups is 1. The Morgan fingerprint density at radius 3 is 2.76 bits per heavy atom. The Morgan fingerprint density at radius 2 is 1.93 bits per heavy atom. The van der Waals surface area contributed by atoms with E-state index in [0.29, 0.717) is 18.1 Å². The summed E-state index contributed by atoms with van der Waals surface area (Å²) in [6, 6.07) is 10.2. The molecule has 0 spiro atoms. The lowest BCUT2D eigenvalue weighted by atomic mass is 9.97. The zero-order chi connectivity index (χ0) is 19.6. The Hall–Kier alpha value is -2.90. The number of nitrogens with zero attached hydrogens (tertiary/aromatic N) is 5. The van der Waals surface area contributed by atoms with Crippen LogP contribution < -0.4 is 5.06 Å². The molecule has 29 heavy (non-hydrogen) atoms. The summed E-state index contributed by atoms with van der Waals surface area (Å²) in [6.45, 7) is 0.482. The summed E-state index contributed by atoms with van der Waals surface area (Å²) in [5.41, 5.74) is 3.16. The largest absolute Gasteiger partial charge is 0.267 e. The van der Waals surface area contributed by atoms with Gasteiger partial charge in [-0.25, -0.2) is 20.0 Å². The Labute approximate surface area is 173 Å². The van der Waals surface area contributed by atoms with E-state index in [1.807, 2.05) is 25.2 Å². The topological polar surface area (TPSA) is 64.0 Å². The smallest absolute Gasteiger partial charge is 0.183 e. The average Bonchev–Trinajstić information content (AvgIpc) is 3.16. The normalized spacial score (nSPS) is 13.4. The predicted molar refractivity (Wildman–Crippen MR) is 115 cm³/mol. The summed E-state index contributed by atoms with van der Waals surface area (Å²) < 4.78 is 0. The lowest BCUT2D eigenvalue weighted by molar-refractivity contribution is 0.107. The molecule has 0 bridgehead atoms. The second kappa shape index (κ2) is 7.85. The second-order valence-corrected chi connectivity index (χ2v) is 8.19. The van der Waals surface area contributed by atoms with E-state index in [4.69, 9.17) is 14.8 Å². The number of aryl methyl sites for hydroxylation is 2. The molecule has 0 saturated heterocycles. The van der Waals surface area contributed by atoms with Crippen molar-refractivity contribution >= 4 is 27.4 Å². The van der Waals surface area contributed by atoms with Crippen molar-refractivity contribution in [3.8, 4) is 11.5 Å². The molecule has 146 valence electrons. The van der Waals surface area contributed by atoms with Crippen molar-refractivity contribution in [2.45, 2.75) is 32.3 Å². The quantitative estimate of drug-likeness (QED) is 0.454. The highest BCUT2D eigenvalue weighted by atomic mass is 32.1. The van der Waals surface area contributed by atoms with Crippen LogP contribution >= 0.6 is 11.3 Å². The lowest BCUT2D eigenvalue weighted by Gasteiger charge is -2.20. The van der Waals surface area contributed by atoms with Crippen LogP contribution in [0.5, 0.6) is 0 Å². The van der Waals surface area contributed by atoms with Crippen molar-refractivity contribution in [2.75, 3.05) is 12.1 Å². The molecule has 5 rings (SSSR count). The molecule has 3 heterocycles. The van der Waals surface area contributed by atoms with Crippen molar-refractivity contribution in [1.82, 2.24) is 19.9 Å². The fourth-order valence-electron chi connectivity index (χ4n) is 3.70. The zero-order valence-electron chi connectivity index (χ0n) is 16.2. The van der Waals surface area contributed by atoms with Crippen LogP contribution in [0, 0.1) is 0 Å². The van der Waals surface area contributed by atoms with Gasteiger partial charge < -0.3 is 0 Å². The number of anilines is 1. The van der Waals surface area contributed by atoms with Crippen molar-refractivity contribution < 1.29 is 4.84 Å². The Bertz CT molecular complexity index is 1130. The second-order valence-electron chi connectivity index (χ2n) is 7.11. The number of hydrogen-bond donors (Lipinski definition) is 0. The molecular formula is C22H21N5OS. The minimum Gasteiger partial charge on any atom is -0.267 e. The molecule has 0 amide bonds. The van der Waals surface area contributed by atoms with Gasteiger partial charge in [0.2, 0.25) is 0 Å². The minimum absolute atomic E-state index is 0.482. The summed E-state index contributed by atoms with van der Waals surface area (Å²) in [5.74, 6) is 1.38. The molecule has 6 nitrogen and oxygen atoms in total. The van der Waals surface area contributed by atoms with Gasteiger partial charge in [-0.15, -0.1) is 11.3 Å². The molecular weight excluding hydrogens is 382 g/mol. The van der Waals surface area contributed by atoms with Gasteiger partial charge in [0.1, 0.15) is 10.5 Å². The number of aromatic nitrogens is 4. The van der Waals surface area contributed by atoms with Crippen molar-refractivity contribution in [1.29, 1.82) is 0 Å². The van der Waals surface area contributed by atoms with Gasteiger partial charge in [-0.1, -0.05) is 30.3 Å². The summed E-state index contributed by atoms with van der Waals surface area (Å²) >= 11 is 1.77. The highest BCUT2D eigenvalue weighted by molar-refractivity contribution is 7.19. The molecule has 0 radical (unpaired) electrons. The van der Waals surface area contributed by atoms with Gasteiger partial charge in [-0.3, -0.25) is 9.82 Å². The van der Waals surface area contributed by atoms with Crippen LogP contribution in [0.3, 0.4) is 0 Å². The molecule has 1 aliphatic carbocycles. The molecule has 0 fully saturated rings. The maximum absolute atomic E-state index is 6.09. The van der Waals surface area contributed by atoms with Gasteiger partial charge >= 0.3 is 0 Å². The molecule has 0 atom stereocenters. The van der Waals surface area contributed by atoms with Crippen LogP contribution in [0.15, 0.2) is 48.9 Å². The first-order valence-corrected chi connectivity index (χ1v) is 10.6. The number of thiophene rings is 1. The highest BCUT2D eigenvalue weighted by Crippen LogP contribution is 2.40. The summed E-state index contributed by atoms with van der Waals surface area (Å²) in [4.78, 5) is 26.8. The molecule has 3 aromatic heterocycles. The third kappa shape index (κ3) is 3.59.